The topological polar surface area (TPSA) is 53.5 Å². The second-order valence-electron chi connectivity index (χ2n) is 5.72. The normalized spacial score (nSPS) is 18.6. The highest BCUT2D eigenvalue weighted by molar-refractivity contribution is 9.10. The summed E-state index contributed by atoms with van der Waals surface area (Å²) in [6.45, 7) is 6.24. The number of hydrogen-bond acceptors (Lipinski definition) is 4. The van der Waals surface area contributed by atoms with Crippen LogP contribution < -0.4 is 0 Å². The van der Waals surface area contributed by atoms with E-state index in [0.29, 0.717) is 10.5 Å². The molecule has 0 amide bonds. The Morgan fingerprint density at radius 1 is 1.33 bits per heavy atom. The van der Waals surface area contributed by atoms with Crippen molar-refractivity contribution in [1.29, 1.82) is 0 Å². The Morgan fingerprint density at radius 2 is 1.95 bits per heavy atom. The Morgan fingerprint density at radius 3 is 2.48 bits per heavy atom. The van der Waals surface area contributed by atoms with Gasteiger partial charge in [-0.05, 0) is 61.8 Å². The van der Waals surface area contributed by atoms with Crippen LogP contribution in [0.2, 0.25) is 0 Å². The Labute approximate surface area is 135 Å². The zero-order chi connectivity index (χ0) is 15.6. The lowest BCUT2D eigenvalue weighted by molar-refractivity contribution is 0.140. The fraction of sp³-hybridized carbons (Fsp3) is 0.643. The zero-order valence-corrected chi connectivity index (χ0v) is 15.1. The molecule has 118 valence electrons. The minimum Gasteiger partial charge on any atom is -0.301 e. The number of rotatable bonds is 4. The number of piperidine rings is 1. The SMILES string of the molecule is CC(C)N1CCC(N(C)S(=O)(=O)c2cncc(Br)c2)CC1. The number of pyridine rings is 1. The van der Waals surface area contributed by atoms with Gasteiger partial charge in [-0.3, -0.25) is 4.98 Å². The van der Waals surface area contributed by atoms with Gasteiger partial charge in [-0.2, -0.15) is 4.31 Å². The minimum absolute atomic E-state index is 0.0592. The summed E-state index contributed by atoms with van der Waals surface area (Å²) in [5.41, 5.74) is 0. The molecule has 1 saturated heterocycles. The molecular formula is C14H22BrN3O2S. The quantitative estimate of drug-likeness (QED) is 0.810. The van der Waals surface area contributed by atoms with Gasteiger partial charge in [0, 0.05) is 36.0 Å². The minimum atomic E-state index is -3.48. The average molecular weight is 376 g/mol. The van der Waals surface area contributed by atoms with Crippen LogP contribution in [0.4, 0.5) is 0 Å². The molecule has 7 heteroatoms. The van der Waals surface area contributed by atoms with Gasteiger partial charge in [0.05, 0.1) is 0 Å². The maximum atomic E-state index is 12.7. The van der Waals surface area contributed by atoms with Crippen molar-refractivity contribution in [2.24, 2.45) is 0 Å². The standard InChI is InChI=1S/C14H22BrN3O2S/c1-11(2)18-6-4-13(5-7-18)17(3)21(19,20)14-8-12(15)9-16-10-14/h8-11,13H,4-7H2,1-3H3. The van der Waals surface area contributed by atoms with E-state index in [1.54, 1.807) is 19.3 Å². The summed E-state index contributed by atoms with van der Waals surface area (Å²) in [6.07, 6.45) is 4.73. The molecule has 0 aliphatic carbocycles. The van der Waals surface area contributed by atoms with E-state index in [9.17, 15) is 8.42 Å². The van der Waals surface area contributed by atoms with E-state index >= 15 is 0 Å². The van der Waals surface area contributed by atoms with Crippen molar-refractivity contribution in [3.05, 3.63) is 22.9 Å². The monoisotopic (exact) mass is 375 g/mol. The van der Waals surface area contributed by atoms with Crippen LogP contribution >= 0.6 is 15.9 Å². The van der Waals surface area contributed by atoms with E-state index in [0.717, 1.165) is 25.9 Å². The molecule has 1 fully saturated rings. The molecule has 0 bridgehead atoms. The molecule has 5 nitrogen and oxygen atoms in total. The fourth-order valence-corrected chi connectivity index (χ4v) is 4.58. The number of hydrogen-bond donors (Lipinski definition) is 0. The number of likely N-dealkylation sites (tertiary alicyclic amines) is 1. The molecule has 0 saturated carbocycles. The highest BCUT2D eigenvalue weighted by Gasteiger charge is 2.31. The van der Waals surface area contributed by atoms with E-state index in [1.165, 1.54) is 10.5 Å². The number of nitrogens with zero attached hydrogens (tertiary/aromatic N) is 3. The van der Waals surface area contributed by atoms with Crippen molar-refractivity contribution >= 4 is 26.0 Å². The molecule has 0 aromatic carbocycles. The van der Waals surface area contributed by atoms with E-state index < -0.39 is 10.0 Å². The largest absolute Gasteiger partial charge is 0.301 e. The van der Waals surface area contributed by atoms with Gasteiger partial charge in [0.1, 0.15) is 4.90 Å². The van der Waals surface area contributed by atoms with Gasteiger partial charge in [0.2, 0.25) is 10.0 Å². The molecule has 1 aliphatic heterocycles. The van der Waals surface area contributed by atoms with E-state index in [4.69, 9.17) is 0 Å². The second kappa shape index (κ2) is 6.73. The van der Waals surface area contributed by atoms with Gasteiger partial charge in [-0.15, -0.1) is 0 Å². The first-order chi connectivity index (χ1) is 9.82. The van der Waals surface area contributed by atoms with Crippen LogP contribution in [0.15, 0.2) is 27.8 Å². The lowest BCUT2D eigenvalue weighted by Gasteiger charge is -2.37. The number of aromatic nitrogens is 1. The predicted molar refractivity (Wildman–Crippen MR) is 86.6 cm³/mol. The molecule has 0 spiro atoms. The zero-order valence-electron chi connectivity index (χ0n) is 12.7. The van der Waals surface area contributed by atoms with Crippen LogP contribution in [0.1, 0.15) is 26.7 Å². The van der Waals surface area contributed by atoms with Gasteiger partial charge in [0.15, 0.2) is 0 Å². The van der Waals surface area contributed by atoms with E-state index in [-0.39, 0.29) is 10.9 Å². The van der Waals surface area contributed by atoms with Gasteiger partial charge < -0.3 is 4.90 Å². The van der Waals surface area contributed by atoms with Crippen molar-refractivity contribution in [3.63, 3.8) is 0 Å². The highest BCUT2D eigenvalue weighted by atomic mass is 79.9. The predicted octanol–water partition coefficient (Wildman–Crippen LogP) is 2.34. The van der Waals surface area contributed by atoms with Crippen molar-refractivity contribution in [3.8, 4) is 0 Å². The number of sulfonamides is 1. The molecule has 2 heterocycles. The van der Waals surface area contributed by atoms with E-state index in [1.807, 2.05) is 0 Å². The summed E-state index contributed by atoms with van der Waals surface area (Å²) < 4.78 is 27.5. The van der Waals surface area contributed by atoms with Crippen LogP contribution in [-0.2, 0) is 10.0 Å². The van der Waals surface area contributed by atoms with Gasteiger partial charge in [0.25, 0.3) is 0 Å². The van der Waals surface area contributed by atoms with Crippen LogP contribution in [0.25, 0.3) is 0 Å². The van der Waals surface area contributed by atoms with E-state index in [2.05, 4.69) is 39.7 Å². The average Bonchev–Trinajstić information content (AvgIpc) is 2.46. The van der Waals surface area contributed by atoms with Crippen LogP contribution in [0.3, 0.4) is 0 Å². The van der Waals surface area contributed by atoms with Crippen molar-refractivity contribution < 1.29 is 8.42 Å². The Balaban J connectivity index is 2.11. The maximum Gasteiger partial charge on any atom is 0.244 e. The first kappa shape index (κ1) is 16.9. The molecule has 1 aromatic rings. The van der Waals surface area contributed by atoms with Gasteiger partial charge in [-0.25, -0.2) is 8.42 Å². The fourth-order valence-electron chi connectivity index (χ4n) is 2.66. The number of halogens is 1. The summed E-state index contributed by atoms with van der Waals surface area (Å²) in [7, 11) is -1.80. The summed E-state index contributed by atoms with van der Waals surface area (Å²) in [5.74, 6) is 0. The summed E-state index contributed by atoms with van der Waals surface area (Å²) in [5, 5.41) is 0. The van der Waals surface area contributed by atoms with Crippen LogP contribution in [-0.4, -0.2) is 54.8 Å². The summed E-state index contributed by atoms with van der Waals surface area (Å²) in [4.78, 5) is 6.58. The molecule has 0 radical (unpaired) electrons. The van der Waals surface area contributed by atoms with Crippen molar-refractivity contribution in [2.75, 3.05) is 20.1 Å². The molecule has 21 heavy (non-hydrogen) atoms. The highest BCUT2D eigenvalue weighted by Crippen LogP contribution is 2.24. The van der Waals surface area contributed by atoms with Crippen LogP contribution in [0, 0.1) is 0 Å². The Bertz CT molecular complexity index is 584. The Kier molecular flexibility index (Phi) is 5.40. The third-order valence-corrected chi connectivity index (χ3v) is 6.41. The van der Waals surface area contributed by atoms with Crippen molar-refractivity contribution in [1.82, 2.24) is 14.2 Å². The second-order valence-corrected chi connectivity index (χ2v) is 8.63. The molecule has 1 aromatic heterocycles. The van der Waals surface area contributed by atoms with Gasteiger partial charge in [-0.1, -0.05) is 0 Å². The van der Waals surface area contributed by atoms with Crippen molar-refractivity contribution in [2.45, 2.75) is 43.7 Å². The molecular weight excluding hydrogens is 354 g/mol. The molecule has 0 unspecified atom stereocenters. The lowest BCUT2D eigenvalue weighted by atomic mass is 10.0. The lowest BCUT2D eigenvalue weighted by Crippen LogP contribution is -2.47. The summed E-state index contributed by atoms with van der Waals surface area (Å²) in [6, 6.07) is 2.17. The first-order valence-corrected chi connectivity index (χ1v) is 9.38. The van der Waals surface area contributed by atoms with Gasteiger partial charge >= 0.3 is 0 Å². The Hall–Kier alpha value is -0.500. The molecule has 2 rings (SSSR count). The smallest absolute Gasteiger partial charge is 0.244 e. The molecule has 1 aliphatic rings. The van der Waals surface area contributed by atoms with Crippen LogP contribution in [0.5, 0.6) is 0 Å². The first-order valence-electron chi connectivity index (χ1n) is 7.15. The summed E-state index contributed by atoms with van der Waals surface area (Å²) >= 11 is 3.27. The molecule has 0 atom stereocenters. The molecule has 0 N–H and O–H groups in total. The third-order valence-electron chi connectivity index (χ3n) is 4.10. The third kappa shape index (κ3) is 3.83. The maximum absolute atomic E-state index is 12.7.